The third kappa shape index (κ3) is 4.13. The van der Waals surface area contributed by atoms with Crippen molar-refractivity contribution in [2.45, 2.75) is 13.0 Å². The molecule has 9 heteroatoms. The Morgan fingerprint density at radius 1 is 1.14 bits per heavy atom. The number of pyridine rings is 1. The summed E-state index contributed by atoms with van der Waals surface area (Å²) in [5.74, 6) is -0.303. The maximum atomic E-state index is 12.5. The second-order valence-electron chi connectivity index (χ2n) is 6.17. The molecule has 28 heavy (non-hydrogen) atoms. The second kappa shape index (κ2) is 7.95. The molecule has 0 saturated carbocycles. The smallest absolute Gasteiger partial charge is 0.319 e. The molecular weight excluding hydrogens is 398 g/mol. The van der Waals surface area contributed by atoms with Crippen LogP contribution in [0.5, 0.6) is 0 Å². The van der Waals surface area contributed by atoms with Crippen molar-refractivity contribution in [3.05, 3.63) is 69.9 Å². The lowest BCUT2D eigenvalue weighted by Crippen LogP contribution is -2.38. The molecule has 2 N–H and O–H groups in total. The Bertz CT molecular complexity index is 1020. The van der Waals surface area contributed by atoms with Gasteiger partial charge in [0.15, 0.2) is 5.13 Å². The number of thiazole rings is 1. The molecule has 1 aliphatic rings. The number of nitrogens with zero attached hydrogens (tertiary/aromatic N) is 3. The van der Waals surface area contributed by atoms with E-state index in [1.165, 1.54) is 11.3 Å². The van der Waals surface area contributed by atoms with E-state index in [1.54, 1.807) is 53.6 Å². The number of aromatic nitrogens is 2. The Hall–Kier alpha value is -2.97. The van der Waals surface area contributed by atoms with Gasteiger partial charge in [-0.25, -0.2) is 9.78 Å². The van der Waals surface area contributed by atoms with E-state index in [-0.39, 0.29) is 11.9 Å². The van der Waals surface area contributed by atoms with E-state index in [2.05, 4.69) is 20.6 Å². The summed E-state index contributed by atoms with van der Waals surface area (Å²) in [4.78, 5) is 36.0. The van der Waals surface area contributed by atoms with Gasteiger partial charge in [0, 0.05) is 34.7 Å². The monoisotopic (exact) mass is 413 g/mol. The van der Waals surface area contributed by atoms with Crippen molar-refractivity contribution >= 4 is 45.7 Å². The molecular formula is C19H16ClN5O2S. The van der Waals surface area contributed by atoms with Crippen LogP contribution in [0.2, 0.25) is 5.02 Å². The summed E-state index contributed by atoms with van der Waals surface area (Å²) in [6, 6.07) is 12.0. The van der Waals surface area contributed by atoms with Gasteiger partial charge in [0.1, 0.15) is 5.69 Å². The molecule has 0 aliphatic carbocycles. The predicted molar refractivity (Wildman–Crippen MR) is 109 cm³/mol. The number of hydrogen-bond acceptors (Lipinski definition) is 5. The van der Waals surface area contributed by atoms with Crippen molar-refractivity contribution in [1.29, 1.82) is 0 Å². The van der Waals surface area contributed by atoms with Gasteiger partial charge >= 0.3 is 6.03 Å². The fraction of sp³-hybridized carbons (Fsp3) is 0.158. The average molecular weight is 414 g/mol. The van der Waals surface area contributed by atoms with E-state index < -0.39 is 0 Å². The van der Waals surface area contributed by atoms with Gasteiger partial charge in [-0.3, -0.25) is 15.1 Å². The molecule has 3 amide bonds. The zero-order valence-electron chi connectivity index (χ0n) is 14.7. The van der Waals surface area contributed by atoms with Crippen molar-refractivity contribution in [3.8, 4) is 0 Å². The lowest BCUT2D eigenvalue weighted by atomic mass is 10.2. The van der Waals surface area contributed by atoms with Crippen molar-refractivity contribution in [1.82, 2.24) is 14.9 Å². The second-order valence-corrected chi connectivity index (χ2v) is 7.69. The van der Waals surface area contributed by atoms with Gasteiger partial charge in [0.25, 0.3) is 5.91 Å². The molecule has 1 aliphatic heterocycles. The van der Waals surface area contributed by atoms with Crippen LogP contribution in [0.15, 0.2) is 48.7 Å². The average Bonchev–Trinajstić information content (AvgIpc) is 3.10. The summed E-state index contributed by atoms with van der Waals surface area (Å²) < 4.78 is 0. The molecule has 3 heterocycles. The molecule has 0 atom stereocenters. The normalized spacial score (nSPS) is 13.0. The molecule has 1 aromatic carbocycles. The van der Waals surface area contributed by atoms with Crippen molar-refractivity contribution < 1.29 is 9.59 Å². The first kappa shape index (κ1) is 18.4. The number of fused-ring (bicyclic) bond motifs is 1. The molecule has 3 aromatic rings. The van der Waals surface area contributed by atoms with Crippen LogP contribution in [0.1, 0.15) is 21.1 Å². The van der Waals surface area contributed by atoms with E-state index in [1.807, 2.05) is 0 Å². The first-order valence-corrected chi connectivity index (χ1v) is 9.80. The Morgan fingerprint density at radius 2 is 2.04 bits per heavy atom. The van der Waals surface area contributed by atoms with E-state index in [0.717, 1.165) is 10.6 Å². The number of benzene rings is 1. The van der Waals surface area contributed by atoms with E-state index in [9.17, 15) is 9.59 Å². The third-order valence-corrected chi connectivity index (χ3v) is 5.45. The first-order chi connectivity index (χ1) is 13.6. The summed E-state index contributed by atoms with van der Waals surface area (Å²) in [6.07, 6.45) is 2.20. The molecule has 0 unspecified atom stereocenters. The fourth-order valence-corrected chi connectivity index (χ4v) is 4.06. The zero-order valence-corrected chi connectivity index (χ0v) is 16.3. The summed E-state index contributed by atoms with van der Waals surface area (Å²) in [5.41, 5.74) is 1.89. The first-order valence-electron chi connectivity index (χ1n) is 8.61. The number of nitrogens with one attached hydrogen (secondary N) is 2. The largest absolute Gasteiger partial charge is 0.322 e. The topological polar surface area (TPSA) is 87.2 Å². The number of rotatable bonds is 3. The molecule has 142 valence electrons. The molecule has 0 bridgehead atoms. The Kier molecular flexibility index (Phi) is 5.23. The predicted octanol–water partition coefficient (Wildman–Crippen LogP) is 4.03. The minimum Gasteiger partial charge on any atom is -0.319 e. The van der Waals surface area contributed by atoms with Crippen LogP contribution in [0.3, 0.4) is 0 Å². The number of hydrogen-bond donors (Lipinski definition) is 2. The summed E-state index contributed by atoms with van der Waals surface area (Å²) in [7, 11) is 0. The maximum absolute atomic E-state index is 12.5. The van der Waals surface area contributed by atoms with Crippen molar-refractivity contribution in [3.63, 3.8) is 0 Å². The standard InChI is InChI=1S/C19H16ClN5O2S/c20-12-4-3-5-13(10-12)22-19(27)25-9-7-14-16(11-25)28-18(23-14)24-17(26)15-6-1-2-8-21-15/h1-6,8,10H,7,9,11H2,(H,22,27)(H,23,24,26). The fourth-order valence-electron chi connectivity index (χ4n) is 2.85. The molecule has 2 aromatic heterocycles. The highest BCUT2D eigenvalue weighted by Gasteiger charge is 2.25. The Labute approximate surface area is 170 Å². The van der Waals surface area contributed by atoms with Crippen LogP contribution in [0, 0.1) is 0 Å². The van der Waals surface area contributed by atoms with Crippen LogP contribution in [0.25, 0.3) is 0 Å². The highest BCUT2D eigenvalue weighted by molar-refractivity contribution is 7.15. The van der Waals surface area contributed by atoms with Crippen LogP contribution < -0.4 is 10.6 Å². The zero-order chi connectivity index (χ0) is 19.5. The van der Waals surface area contributed by atoms with Crippen molar-refractivity contribution in [2.24, 2.45) is 0 Å². The molecule has 0 saturated heterocycles. The van der Waals surface area contributed by atoms with Gasteiger partial charge in [-0.15, -0.1) is 0 Å². The number of anilines is 2. The summed E-state index contributed by atoms with van der Waals surface area (Å²) in [5, 5.41) is 6.71. The highest BCUT2D eigenvalue weighted by Crippen LogP contribution is 2.29. The van der Waals surface area contributed by atoms with Crippen LogP contribution in [-0.4, -0.2) is 33.4 Å². The van der Waals surface area contributed by atoms with E-state index >= 15 is 0 Å². The molecule has 0 radical (unpaired) electrons. The molecule has 0 spiro atoms. The number of urea groups is 1. The molecule has 7 nitrogen and oxygen atoms in total. The van der Waals surface area contributed by atoms with Crippen LogP contribution >= 0.6 is 22.9 Å². The van der Waals surface area contributed by atoms with Gasteiger partial charge in [0.05, 0.1) is 12.2 Å². The quantitative estimate of drug-likeness (QED) is 0.678. The van der Waals surface area contributed by atoms with Gasteiger partial charge < -0.3 is 10.2 Å². The van der Waals surface area contributed by atoms with Crippen LogP contribution in [0.4, 0.5) is 15.6 Å². The lowest BCUT2D eigenvalue weighted by molar-refractivity contribution is 0.102. The summed E-state index contributed by atoms with van der Waals surface area (Å²) >= 11 is 7.33. The van der Waals surface area contributed by atoms with Crippen molar-refractivity contribution in [2.75, 3.05) is 17.2 Å². The Morgan fingerprint density at radius 3 is 2.82 bits per heavy atom. The minimum absolute atomic E-state index is 0.194. The minimum atomic E-state index is -0.303. The lowest BCUT2D eigenvalue weighted by Gasteiger charge is -2.26. The number of amides is 3. The number of halogens is 1. The molecule has 4 rings (SSSR count). The van der Waals surface area contributed by atoms with Crippen LogP contribution in [-0.2, 0) is 13.0 Å². The Balaban J connectivity index is 1.41. The van der Waals surface area contributed by atoms with Gasteiger partial charge in [-0.2, -0.15) is 0 Å². The number of carbonyl (C=O) groups excluding carboxylic acids is 2. The summed E-state index contributed by atoms with van der Waals surface area (Å²) in [6.45, 7) is 0.996. The van der Waals surface area contributed by atoms with E-state index in [4.69, 9.17) is 11.6 Å². The van der Waals surface area contributed by atoms with Gasteiger partial charge in [0.2, 0.25) is 0 Å². The maximum Gasteiger partial charge on any atom is 0.322 e. The van der Waals surface area contributed by atoms with E-state index in [0.29, 0.717) is 41.0 Å². The number of carbonyl (C=O) groups is 2. The highest BCUT2D eigenvalue weighted by atomic mass is 35.5. The molecule has 0 fully saturated rings. The SMILES string of the molecule is O=C(Nc1nc2c(s1)CN(C(=O)Nc1cccc(Cl)c1)CC2)c1ccccn1. The van der Waals surface area contributed by atoms with Gasteiger partial charge in [-0.05, 0) is 30.3 Å². The van der Waals surface area contributed by atoms with Gasteiger partial charge in [-0.1, -0.05) is 35.1 Å². The third-order valence-electron chi connectivity index (χ3n) is 4.21.